The van der Waals surface area contributed by atoms with Crippen molar-refractivity contribution >= 4 is 11.7 Å². The summed E-state index contributed by atoms with van der Waals surface area (Å²) in [4.78, 5) is 21.8. The van der Waals surface area contributed by atoms with Crippen LogP contribution in [0.25, 0.3) is 11.1 Å². The molecule has 1 aromatic carbocycles. The first-order chi connectivity index (χ1) is 15.4. The summed E-state index contributed by atoms with van der Waals surface area (Å²) in [7, 11) is 1.62. The molecular weight excluding hydrogens is 400 g/mol. The molecule has 6 nitrogen and oxygen atoms in total. The van der Waals surface area contributed by atoms with Crippen LogP contribution in [0.4, 0.5) is 5.82 Å². The van der Waals surface area contributed by atoms with E-state index in [0.717, 1.165) is 41.0 Å². The minimum absolute atomic E-state index is 0.0579. The Kier molecular flexibility index (Phi) is 6.48. The van der Waals surface area contributed by atoms with Gasteiger partial charge in [0, 0.05) is 44.3 Å². The molecule has 1 saturated carbocycles. The van der Waals surface area contributed by atoms with E-state index >= 15 is 0 Å². The third-order valence-electron chi connectivity index (χ3n) is 6.61. The van der Waals surface area contributed by atoms with Crippen molar-refractivity contribution < 1.29 is 9.53 Å². The van der Waals surface area contributed by atoms with Gasteiger partial charge in [0.25, 0.3) is 0 Å². The molecule has 168 valence electrons. The van der Waals surface area contributed by atoms with Crippen LogP contribution < -0.4 is 4.90 Å². The predicted octanol–water partition coefficient (Wildman–Crippen LogP) is 4.19. The molecule has 1 saturated heterocycles. The number of carbonyl (C=O) groups excluding carboxylic acids is 1. The Hall–Kier alpha value is -2.91. The molecule has 0 spiro atoms. The number of anilines is 1. The van der Waals surface area contributed by atoms with E-state index < -0.39 is 0 Å². The highest BCUT2D eigenvalue weighted by Gasteiger charge is 2.34. The van der Waals surface area contributed by atoms with Crippen molar-refractivity contribution in [3.8, 4) is 17.2 Å². The summed E-state index contributed by atoms with van der Waals surface area (Å²) in [5, 5.41) is 10.1. The number of nitrogens with zero attached hydrogens (tertiary/aromatic N) is 4. The van der Waals surface area contributed by atoms with Gasteiger partial charge in [-0.1, -0.05) is 29.8 Å². The summed E-state index contributed by atoms with van der Waals surface area (Å²) in [5.41, 5.74) is 6.25. The monoisotopic (exact) mass is 432 g/mol. The number of carbonyl (C=O) groups is 1. The Morgan fingerprint density at radius 1 is 1.28 bits per heavy atom. The number of nitriles is 1. The summed E-state index contributed by atoms with van der Waals surface area (Å²) in [6.07, 6.45) is 2.70. The van der Waals surface area contributed by atoms with Gasteiger partial charge in [0.2, 0.25) is 5.91 Å². The molecule has 0 bridgehead atoms. The van der Waals surface area contributed by atoms with E-state index in [1.165, 1.54) is 5.56 Å². The molecule has 1 aromatic heterocycles. The number of amides is 1. The van der Waals surface area contributed by atoms with E-state index in [2.05, 4.69) is 56.0 Å². The average molecular weight is 433 g/mol. The molecule has 2 aromatic rings. The van der Waals surface area contributed by atoms with Crippen LogP contribution in [0, 0.1) is 25.2 Å². The summed E-state index contributed by atoms with van der Waals surface area (Å²) >= 11 is 0. The number of ether oxygens (including phenoxy) is 1. The average Bonchev–Trinajstić information content (AvgIpc) is 3.62. The van der Waals surface area contributed by atoms with Crippen molar-refractivity contribution in [1.29, 1.82) is 5.26 Å². The Morgan fingerprint density at radius 2 is 2.06 bits per heavy atom. The topological polar surface area (TPSA) is 69.5 Å². The maximum absolute atomic E-state index is 12.5. The van der Waals surface area contributed by atoms with Gasteiger partial charge in [-0.25, -0.2) is 4.98 Å². The highest BCUT2D eigenvalue weighted by molar-refractivity contribution is 5.78. The van der Waals surface area contributed by atoms with Gasteiger partial charge in [0.15, 0.2) is 0 Å². The second kappa shape index (κ2) is 9.30. The maximum Gasteiger partial charge on any atom is 0.225 e. The number of aromatic nitrogens is 1. The highest BCUT2D eigenvalue weighted by atomic mass is 16.5. The lowest BCUT2D eigenvalue weighted by Gasteiger charge is -2.41. The third kappa shape index (κ3) is 4.35. The predicted molar refractivity (Wildman–Crippen MR) is 126 cm³/mol. The lowest BCUT2D eigenvalue weighted by atomic mass is 9.92. The van der Waals surface area contributed by atoms with Crippen molar-refractivity contribution in [3.05, 3.63) is 46.6 Å². The Morgan fingerprint density at radius 3 is 2.69 bits per heavy atom. The minimum atomic E-state index is 0.0579. The molecule has 1 atom stereocenters. The van der Waals surface area contributed by atoms with Gasteiger partial charge < -0.3 is 14.5 Å². The zero-order valence-corrected chi connectivity index (χ0v) is 19.5. The van der Waals surface area contributed by atoms with Crippen LogP contribution in [-0.4, -0.2) is 55.2 Å². The fraction of sp³-hybridized carbons (Fsp3) is 0.500. The van der Waals surface area contributed by atoms with Crippen LogP contribution in [0.15, 0.2) is 24.3 Å². The number of hydrogen-bond acceptors (Lipinski definition) is 5. The van der Waals surface area contributed by atoms with E-state index in [1.54, 1.807) is 7.11 Å². The lowest BCUT2D eigenvalue weighted by Crippen LogP contribution is -2.54. The fourth-order valence-corrected chi connectivity index (χ4v) is 4.74. The smallest absolute Gasteiger partial charge is 0.225 e. The van der Waals surface area contributed by atoms with Gasteiger partial charge in [0.05, 0.1) is 24.3 Å². The van der Waals surface area contributed by atoms with E-state index in [1.807, 2.05) is 4.90 Å². The van der Waals surface area contributed by atoms with Gasteiger partial charge in [-0.05, 0) is 44.7 Å². The Labute approximate surface area is 190 Å². The molecular formula is C26H32N4O2. The molecule has 4 rings (SSSR count). The zero-order chi connectivity index (χ0) is 22.8. The van der Waals surface area contributed by atoms with Crippen molar-refractivity contribution in [3.63, 3.8) is 0 Å². The van der Waals surface area contributed by atoms with Crippen molar-refractivity contribution in [2.45, 2.75) is 52.0 Å². The first-order valence-corrected chi connectivity index (χ1v) is 11.5. The fourth-order valence-electron chi connectivity index (χ4n) is 4.74. The number of piperazine rings is 1. The van der Waals surface area contributed by atoms with Gasteiger partial charge in [0.1, 0.15) is 11.9 Å². The number of aryl methyl sites for hydroxylation is 1. The van der Waals surface area contributed by atoms with Gasteiger partial charge >= 0.3 is 0 Å². The molecule has 0 radical (unpaired) electrons. The molecule has 1 aliphatic heterocycles. The van der Waals surface area contributed by atoms with Crippen molar-refractivity contribution in [2.24, 2.45) is 0 Å². The number of methoxy groups -OCH3 is 1. The molecule has 6 heteroatoms. The maximum atomic E-state index is 12.5. The molecule has 0 N–H and O–H groups in total. The van der Waals surface area contributed by atoms with E-state index in [-0.39, 0.29) is 11.9 Å². The first-order valence-electron chi connectivity index (χ1n) is 11.5. The standard InChI is InChI=1S/C26H32N4O2/c1-17-6-5-7-21(14-17)24-19(3)22(15-27)26(28-25(24)20-8-9-20)29-11-12-30(18(2)16-29)23(31)10-13-32-4/h5-7,14,18,20H,8-13,16H2,1-4H3/t18-/m1/s1. The van der Waals surface area contributed by atoms with Gasteiger partial charge in [-0.3, -0.25) is 4.79 Å². The molecule has 1 aliphatic carbocycles. The Bertz CT molecular complexity index is 1050. The van der Waals surface area contributed by atoms with Crippen molar-refractivity contribution in [1.82, 2.24) is 9.88 Å². The highest BCUT2D eigenvalue weighted by Crippen LogP contribution is 2.46. The number of rotatable bonds is 6. The normalized spacial score (nSPS) is 18.5. The largest absolute Gasteiger partial charge is 0.384 e. The number of pyridine rings is 1. The van der Waals surface area contributed by atoms with Crippen molar-refractivity contribution in [2.75, 3.05) is 38.3 Å². The molecule has 2 fully saturated rings. The molecule has 1 amide bonds. The quantitative estimate of drug-likeness (QED) is 0.685. The Balaban J connectivity index is 1.69. The first kappa shape index (κ1) is 22.3. The summed E-state index contributed by atoms with van der Waals surface area (Å²) in [6, 6.07) is 11.0. The second-order valence-electron chi connectivity index (χ2n) is 9.08. The number of hydrogen-bond donors (Lipinski definition) is 0. The van der Waals surface area contributed by atoms with Crippen LogP contribution in [0.5, 0.6) is 0 Å². The zero-order valence-electron chi connectivity index (χ0n) is 19.5. The third-order valence-corrected chi connectivity index (χ3v) is 6.61. The second-order valence-corrected chi connectivity index (χ2v) is 9.08. The minimum Gasteiger partial charge on any atom is -0.384 e. The molecule has 0 unspecified atom stereocenters. The van der Waals surface area contributed by atoms with E-state index in [9.17, 15) is 10.1 Å². The SMILES string of the molecule is COCCC(=O)N1CCN(c2nc(C3CC3)c(-c3cccc(C)c3)c(C)c2C#N)C[C@H]1C. The van der Waals surface area contributed by atoms with E-state index in [4.69, 9.17) is 9.72 Å². The number of benzene rings is 1. The van der Waals surface area contributed by atoms with Crippen LogP contribution in [-0.2, 0) is 9.53 Å². The van der Waals surface area contributed by atoms with Gasteiger partial charge in [-0.2, -0.15) is 5.26 Å². The van der Waals surface area contributed by atoms with E-state index in [0.29, 0.717) is 44.1 Å². The van der Waals surface area contributed by atoms with Crippen LogP contribution >= 0.6 is 0 Å². The molecule has 2 heterocycles. The summed E-state index contributed by atoms with van der Waals surface area (Å²) in [6.45, 7) is 8.65. The summed E-state index contributed by atoms with van der Waals surface area (Å²) < 4.78 is 5.06. The van der Waals surface area contributed by atoms with Crippen LogP contribution in [0.2, 0.25) is 0 Å². The lowest BCUT2D eigenvalue weighted by molar-refractivity contribution is -0.134. The molecule has 32 heavy (non-hydrogen) atoms. The van der Waals surface area contributed by atoms with Crippen LogP contribution in [0.3, 0.4) is 0 Å². The summed E-state index contributed by atoms with van der Waals surface area (Å²) in [5.74, 6) is 1.36. The van der Waals surface area contributed by atoms with Gasteiger partial charge in [-0.15, -0.1) is 0 Å². The molecule has 2 aliphatic rings. The van der Waals surface area contributed by atoms with Crippen LogP contribution in [0.1, 0.15) is 54.5 Å².